The van der Waals surface area contributed by atoms with Crippen molar-refractivity contribution >= 4 is 38.8 Å². The number of fused-ring (bicyclic) bond motifs is 1. The van der Waals surface area contributed by atoms with Crippen LogP contribution in [0.15, 0.2) is 70.2 Å². The lowest BCUT2D eigenvalue weighted by Crippen LogP contribution is -2.33. The number of benzene rings is 3. The highest BCUT2D eigenvalue weighted by atomic mass is 79.9. The number of nitrogens with one attached hydrogen (secondary N) is 1. The molecule has 0 radical (unpaired) electrons. The van der Waals surface area contributed by atoms with Gasteiger partial charge in [0, 0.05) is 15.4 Å². The maximum absolute atomic E-state index is 12.3. The number of hydrogen-bond acceptors (Lipinski definition) is 4. The number of carbonyl (C=O) groups excluding carboxylic acids is 1. The number of methoxy groups -OCH3 is 1. The molecule has 5 nitrogen and oxygen atoms in total. The van der Waals surface area contributed by atoms with Gasteiger partial charge in [0.1, 0.15) is 11.5 Å². The molecule has 1 atom stereocenters. The Morgan fingerprint density at radius 3 is 2.74 bits per heavy atom. The molecule has 3 aromatic carbocycles. The van der Waals surface area contributed by atoms with Gasteiger partial charge in [-0.05, 0) is 36.6 Å². The summed E-state index contributed by atoms with van der Waals surface area (Å²) in [6.07, 6.45) is 0.858. The fourth-order valence-electron chi connectivity index (χ4n) is 2.55. The molecule has 0 aliphatic rings. The zero-order chi connectivity index (χ0) is 19.2. The Labute approximate surface area is 166 Å². The zero-order valence-corrected chi connectivity index (χ0v) is 16.6. The van der Waals surface area contributed by atoms with E-state index in [-0.39, 0.29) is 5.91 Å². The van der Waals surface area contributed by atoms with Crippen molar-refractivity contribution in [2.75, 3.05) is 7.11 Å². The second-order valence-corrected chi connectivity index (χ2v) is 6.71. The Kier molecular flexibility index (Phi) is 6.08. The summed E-state index contributed by atoms with van der Waals surface area (Å²) in [5.74, 6) is 1.03. The predicted octanol–water partition coefficient (Wildman–Crippen LogP) is 4.53. The third-order valence-corrected chi connectivity index (χ3v) is 4.73. The zero-order valence-electron chi connectivity index (χ0n) is 15.0. The minimum Gasteiger partial charge on any atom is -0.497 e. The van der Waals surface area contributed by atoms with Gasteiger partial charge in [0.15, 0.2) is 6.10 Å². The van der Waals surface area contributed by atoms with E-state index in [4.69, 9.17) is 9.47 Å². The van der Waals surface area contributed by atoms with E-state index >= 15 is 0 Å². The smallest absolute Gasteiger partial charge is 0.280 e. The van der Waals surface area contributed by atoms with Crippen molar-refractivity contribution in [1.29, 1.82) is 0 Å². The first-order valence-corrected chi connectivity index (χ1v) is 9.18. The predicted molar refractivity (Wildman–Crippen MR) is 110 cm³/mol. The van der Waals surface area contributed by atoms with Crippen LogP contribution in [0, 0.1) is 0 Å². The summed E-state index contributed by atoms with van der Waals surface area (Å²) in [5, 5.41) is 6.03. The van der Waals surface area contributed by atoms with Crippen LogP contribution in [0.25, 0.3) is 10.8 Å². The number of carbonyl (C=O) groups is 1. The number of amides is 1. The van der Waals surface area contributed by atoms with Crippen molar-refractivity contribution in [1.82, 2.24) is 5.43 Å². The Morgan fingerprint density at radius 1 is 1.15 bits per heavy atom. The Morgan fingerprint density at radius 2 is 1.93 bits per heavy atom. The van der Waals surface area contributed by atoms with Gasteiger partial charge in [-0.1, -0.05) is 52.3 Å². The average Bonchev–Trinajstić information content (AvgIpc) is 2.69. The molecule has 0 aliphatic heterocycles. The molecule has 0 bridgehead atoms. The first kappa shape index (κ1) is 18.9. The van der Waals surface area contributed by atoms with Gasteiger partial charge in [0.2, 0.25) is 0 Å². The van der Waals surface area contributed by atoms with Crippen LogP contribution in [-0.4, -0.2) is 25.3 Å². The summed E-state index contributed by atoms with van der Waals surface area (Å²) < 4.78 is 11.9. The molecule has 3 aromatic rings. The summed E-state index contributed by atoms with van der Waals surface area (Å²) in [4.78, 5) is 12.3. The molecular formula is C21H19BrN2O3. The first-order valence-electron chi connectivity index (χ1n) is 8.39. The van der Waals surface area contributed by atoms with E-state index in [2.05, 4.69) is 26.5 Å². The lowest BCUT2D eigenvalue weighted by Gasteiger charge is -2.14. The second kappa shape index (κ2) is 8.68. The molecule has 0 heterocycles. The monoisotopic (exact) mass is 426 g/mol. The molecule has 1 N–H and O–H groups in total. The van der Waals surface area contributed by atoms with Gasteiger partial charge in [-0.25, -0.2) is 5.43 Å². The highest BCUT2D eigenvalue weighted by Crippen LogP contribution is 2.26. The molecule has 3 rings (SSSR count). The molecule has 0 aliphatic carbocycles. The summed E-state index contributed by atoms with van der Waals surface area (Å²) in [7, 11) is 1.60. The van der Waals surface area contributed by atoms with Crippen LogP contribution in [0.3, 0.4) is 0 Å². The van der Waals surface area contributed by atoms with E-state index in [1.54, 1.807) is 20.2 Å². The molecule has 138 valence electrons. The summed E-state index contributed by atoms with van der Waals surface area (Å²) in [6.45, 7) is 1.69. The lowest BCUT2D eigenvalue weighted by molar-refractivity contribution is -0.127. The van der Waals surface area contributed by atoms with Gasteiger partial charge in [-0.15, -0.1) is 0 Å². The van der Waals surface area contributed by atoms with Crippen LogP contribution in [-0.2, 0) is 4.79 Å². The lowest BCUT2D eigenvalue weighted by atomic mass is 10.1. The van der Waals surface area contributed by atoms with Crippen molar-refractivity contribution in [2.45, 2.75) is 13.0 Å². The number of hydrogen-bond donors (Lipinski definition) is 1. The van der Waals surface area contributed by atoms with E-state index < -0.39 is 6.10 Å². The standard InChI is InChI=1S/C21H19BrN2O3/c1-14(27-20-9-5-7-15-6-3-4-8-18(15)20)21(25)24-23-13-16-12-17(26-2)10-11-19(16)22/h3-14H,1-2H3,(H,24,25)/b23-13+. The molecule has 0 fully saturated rings. The summed E-state index contributed by atoms with van der Waals surface area (Å²) in [5.41, 5.74) is 3.30. The summed E-state index contributed by atoms with van der Waals surface area (Å²) >= 11 is 3.44. The molecule has 0 aromatic heterocycles. The molecule has 1 amide bonds. The molecule has 27 heavy (non-hydrogen) atoms. The topological polar surface area (TPSA) is 59.9 Å². The second-order valence-electron chi connectivity index (χ2n) is 5.86. The third kappa shape index (κ3) is 4.65. The molecule has 0 spiro atoms. The van der Waals surface area contributed by atoms with Gasteiger partial charge >= 0.3 is 0 Å². The number of halogens is 1. The van der Waals surface area contributed by atoms with E-state index in [0.717, 1.165) is 20.8 Å². The van der Waals surface area contributed by atoms with Crippen LogP contribution in [0.4, 0.5) is 0 Å². The molecule has 6 heteroatoms. The maximum Gasteiger partial charge on any atom is 0.280 e. The van der Waals surface area contributed by atoms with Crippen molar-refractivity contribution < 1.29 is 14.3 Å². The first-order chi connectivity index (χ1) is 13.1. The van der Waals surface area contributed by atoms with Crippen molar-refractivity contribution in [3.05, 3.63) is 70.7 Å². The van der Waals surface area contributed by atoms with E-state index in [1.165, 1.54) is 0 Å². The van der Waals surface area contributed by atoms with Crippen LogP contribution in [0.2, 0.25) is 0 Å². The Balaban J connectivity index is 1.66. The normalized spacial score (nSPS) is 12.1. The molecule has 0 saturated heterocycles. The Bertz CT molecular complexity index is 983. The van der Waals surface area contributed by atoms with E-state index in [0.29, 0.717) is 11.5 Å². The van der Waals surface area contributed by atoms with Gasteiger partial charge in [0.05, 0.1) is 13.3 Å². The van der Waals surface area contributed by atoms with Crippen molar-refractivity contribution in [3.63, 3.8) is 0 Å². The van der Waals surface area contributed by atoms with Gasteiger partial charge in [-0.3, -0.25) is 4.79 Å². The Hall–Kier alpha value is -2.86. The van der Waals surface area contributed by atoms with Gasteiger partial charge in [0.25, 0.3) is 5.91 Å². The van der Waals surface area contributed by atoms with Crippen LogP contribution < -0.4 is 14.9 Å². The minimum absolute atomic E-state index is 0.335. The van der Waals surface area contributed by atoms with Crippen LogP contribution in [0.1, 0.15) is 12.5 Å². The van der Waals surface area contributed by atoms with Crippen LogP contribution >= 0.6 is 15.9 Å². The fourth-order valence-corrected chi connectivity index (χ4v) is 2.90. The SMILES string of the molecule is COc1ccc(Br)c(/C=N/NC(=O)C(C)Oc2cccc3ccccc23)c1. The number of ether oxygens (including phenoxy) is 2. The highest BCUT2D eigenvalue weighted by Gasteiger charge is 2.15. The highest BCUT2D eigenvalue weighted by molar-refractivity contribution is 9.10. The molecular weight excluding hydrogens is 408 g/mol. The maximum atomic E-state index is 12.3. The molecule has 1 unspecified atom stereocenters. The fraction of sp³-hybridized carbons (Fsp3) is 0.143. The van der Waals surface area contributed by atoms with Gasteiger partial charge in [-0.2, -0.15) is 5.10 Å². The number of hydrazone groups is 1. The van der Waals surface area contributed by atoms with Crippen molar-refractivity contribution in [2.24, 2.45) is 5.10 Å². The van der Waals surface area contributed by atoms with E-state index in [1.807, 2.05) is 60.7 Å². The third-order valence-electron chi connectivity index (χ3n) is 4.00. The minimum atomic E-state index is -0.693. The quantitative estimate of drug-likeness (QED) is 0.465. The number of rotatable bonds is 6. The van der Waals surface area contributed by atoms with E-state index in [9.17, 15) is 4.79 Å². The average molecular weight is 427 g/mol. The molecule has 0 saturated carbocycles. The van der Waals surface area contributed by atoms with Gasteiger partial charge < -0.3 is 9.47 Å². The number of nitrogens with zero attached hydrogens (tertiary/aromatic N) is 1. The summed E-state index contributed by atoms with van der Waals surface area (Å²) in [6, 6.07) is 19.1. The largest absolute Gasteiger partial charge is 0.497 e. The van der Waals surface area contributed by atoms with Crippen LogP contribution in [0.5, 0.6) is 11.5 Å². The van der Waals surface area contributed by atoms with Crippen molar-refractivity contribution in [3.8, 4) is 11.5 Å².